The molecular formula is C24H32N4O3S. The Balaban J connectivity index is 1.16. The lowest BCUT2D eigenvalue weighted by Gasteiger charge is -2.38. The zero-order chi connectivity index (χ0) is 22.2. The maximum Gasteiger partial charge on any atom is 0.243 e. The molecule has 1 atom stereocenters. The van der Waals surface area contributed by atoms with E-state index in [2.05, 4.69) is 14.9 Å². The molecule has 0 amide bonds. The maximum atomic E-state index is 13.1. The number of piperidine rings is 1. The summed E-state index contributed by atoms with van der Waals surface area (Å²) in [6.45, 7) is 3.97. The third-order valence-electron chi connectivity index (χ3n) is 7.73. The largest absolute Gasteiger partial charge is 0.334 e. The fourth-order valence-electron chi connectivity index (χ4n) is 5.50. The van der Waals surface area contributed by atoms with E-state index in [1.165, 1.54) is 0 Å². The molecule has 32 heavy (non-hydrogen) atoms. The van der Waals surface area contributed by atoms with Gasteiger partial charge in [-0.25, -0.2) is 13.4 Å². The summed E-state index contributed by atoms with van der Waals surface area (Å²) in [6.07, 6.45) is 9.60. The van der Waals surface area contributed by atoms with Crippen LogP contribution in [0.4, 0.5) is 0 Å². The summed E-state index contributed by atoms with van der Waals surface area (Å²) < 4.78 is 29.9. The molecule has 8 heteroatoms. The van der Waals surface area contributed by atoms with Gasteiger partial charge in [0.25, 0.3) is 0 Å². The van der Waals surface area contributed by atoms with Crippen molar-refractivity contribution in [2.75, 3.05) is 26.2 Å². The van der Waals surface area contributed by atoms with Gasteiger partial charge in [0.05, 0.1) is 4.90 Å². The first-order valence-electron chi connectivity index (χ1n) is 11.8. The van der Waals surface area contributed by atoms with Crippen LogP contribution in [0.3, 0.4) is 0 Å². The normalized spacial score (nSPS) is 23.3. The second-order valence-electron chi connectivity index (χ2n) is 9.67. The summed E-state index contributed by atoms with van der Waals surface area (Å²) in [5, 5.41) is 3.42. The third-order valence-corrected chi connectivity index (χ3v) is 9.64. The van der Waals surface area contributed by atoms with Crippen LogP contribution in [0, 0.1) is 11.3 Å². The van der Waals surface area contributed by atoms with Crippen LogP contribution in [-0.4, -0.2) is 54.2 Å². The molecule has 1 spiro atoms. The van der Waals surface area contributed by atoms with Crippen LogP contribution in [0.1, 0.15) is 43.5 Å². The van der Waals surface area contributed by atoms with Gasteiger partial charge in [0.1, 0.15) is 11.6 Å². The first-order chi connectivity index (χ1) is 15.5. The average Bonchev–Trinajstić information content (AvgIpc) is 3.47. The number of Topliss-reactive ketones (excluding diaryl/α,β-unsaturated/α-hetero) is 1. The number of ketones is 1. The van der Waals surface area contributed by atoms with Crippen LogP contribution in [0.15, 0.2) is 41.6 Å². The highest BCUT2D eigenvalue weighted by Gasteiger charge is 2.40. The molecule has 1 aromatic carbocycles. The Morgan fingerprint density at radius 2 is 1.94 bits per heavy atom. The van der Waals surface area contributed by atoms with E-state index >= 15 is 0 Å². The highest BCUT2D eigenvalue weighted by molar-refractivity contribution is 7.89. The first kappa shape index (κ1) is 21.8. The molecule has 3 aliphatic heterocycles. The van der Waals surface area contributed by atoms with Crippen molar-refractivity contribution in [1.82, 2.24) is 19.2 Å². The number of benzene rings is 1. The molecule has 0 saturated carbocycles. The Kier molecular flexibility index (Phi) is 5.94. The molecule has 5 rings (SSSR count). The van der Waals surface area contributed by atoms with E-state index < -0.39 is 10.0 Å². The second kappa shape index (κ2) is 8.72. The number of aromatic nitrogens is 2. The predicted octanol–water partition coefficient (Wildman–Crippen LogP) is 2.41. The van der Waals surface area contributed by atoms with Gasteiger partial charge < -0.3 is 9.88 Å². The summed E-state index contributed by atoms with van der Waals surface area (Å²) in [5.74, 6) is 1.40. The third kappa shape index (κ3) is 4.28. The molecule has 3 aliphatic rings. The SMILES string of the molecule is O=C(CCc1ccc(S(=O)(=O)N2CCC3(CCNC3)CC2)cc1)C1CCc2nccn2C1. The molecular weight excluding hydrogens is 424 g/mol. The number of carbonyl (C=O) groups is 1. The lowest BCUT2D eigenvalue weighted by molar-refractivity contribution is -0.123. The van der Waals surface area contributed by atoms with Crippen molar-refractivity contribution in [3.63, 3.8) is 0 Å². The second-order valence-corrected chi connectivity index (χ2v) is 11.6. The smallest absolute Gasteiger partial charge is 0.243 e. The molecule has 172 valence electrons. The van der Waals surface area contributed by atoms with Crippen molar-refractivity contribution >= 4 is 15.8 Å². The Morgan fingerprint density at radius 1 is 1.16 bits per heavy atom. The molecule has 4 heterocycles. The maximum absolute atomic E-state index is 13.1. The Morgan fingerprint density at radius 3 is 2.66 bits per heavy atom. The number of imidazole rings is 1. The van der Waals surface area contributed by atoms with E-state index in [-0.39, 0.29) is 11.7 Å². The van der Waals surface area contributed by atoms with Crippen LogP contribution < -0.4 is 5.32 Å². The molecule has 1 N–H and O–H groups in total. The van der Waals surface area contributed by atoms with E-state index in [0.29, 0.717) is 36.2 Å². The molecule has 1 aromatic heterocycles. The summed E-state index contributed by atoms with van der Waals surface area (Å²) in [5.41, 5.74) is 1.30. The monoisotopic (exact) mass is 456 g/mol. The number of hydrogen-bond donors (Lipinski definition) is 1. The molecule has 2 saturated heterocycles. The molecule has 0 bridgehead atoms. The minimum absolute atomic E-state index is 0.0498. The Labute approximate surface area is 190 Å². The zero-order valence-electron chi connectivity index (χ0n) is 18.5. The van der Waals surface area contributed by atoms with Crippen molar-refractivity contribution in [3.8, 4) is 0 Å². The fourth-order valence-corrected chi connectivity index (χ4v) is 6.94. The number of carbonyl (C=O) groups excluding carboxylic acids is 1. The minimum atomic E-state index is -3.46. The first-order valence-corrected chi connectivity index (χ1v) is 13.2. The number of sulfonamides is 1. The predicted molar refractivity (Wildman–Crippen MR) is 122 cm³/mol. The van der Waals surface area contributed by atoms with Crippen molar-refractivity contribution < 1.29 is 13.2 Å². The van der Waals surface area contributed by atoms with Gasteiger partial charge in [0.2, 0.25) is 10.0 Å². The van der Waals surface area contributed by atoms with Crippen molar-refractivity contribution in [3.05, 3.63) is 48.0 Å². The topological polar surface area (TPSA) is 84.3 Å². The van der Waals surface area contributed by atoms with Gasteiger partial charge in [-0.05, 0) is 61.8 Å². The molecule has 2 fully saturated rings. The van der Waals surface area contributed by atoms with Crippen LogP contribution in [0.2, 0.25) is 0 Å². The number of rotatable bonds is 6. The van der Waals surface area contributed by atoms with Crippen LogP contribution in [-0.2, 0) is 34.2 Å². The molecule has 2 aromatic rings. The summed E-state index contributed by atoms with van der Waals surface area (Å²) in [6, 6.07) is 7.13. The van der Waals surface area contributed by atoms with Gasteiger partial charge in [0.15, 0.2) is 0 Å². The van der Waals surface area contributed by atoms with Crippen LogP contribution in [0.25, 0.3) is 0 Å². The van der Waals surface area contributed by atoms with Gasteiger partial charge >= 0.3 is 0 Å². The summed E-state index contributed by atoms with van der Waals surface area (Å²) in [4.78, 5) is 17.4. The molecule has 0 aliphatic carbocycles. The van der Waals surface area contributed by atoms with E-state index in [1.807, 2.05) is 18.3 Å². The van der Waals surface area contributed by atoms with Crippen LogP contribution in [0.5, 0.6) is 0 Å². The van der Waals surface area contributed by atoms with Gasteiger partial charge in [-0.2, -0.15) is 4.31 Å². The highest BCUT2D eigenvalue weighted by atomic mass is 32.2. The molecule has 0 radical (unpaired) electrons. The highest BCUT2D eigenvalue weighted by Crippen LogP contribution is 2.38. The van der Waals surface area contributed by atoms with Crippen molar-refractivity contribution in [2.24, 2.45) is 11.3 Å². The summed E-state index contributed by atoms with van der Waals surface area (Å²) >= 11 is 0. The van der Waals surface area contributed by atoms with Gasteiger partial charge in [-0.1, -0.05) is 12.1 Å². The van der Waals surface area contributed by atoms with E-state index in [1.54, 1.807) is 22.6 Å². The summed E-state index contributed by atoms with van der Waals surface area (Å²) in [7, 11) is -3.46. The van der Waals surface area contributed by atoms with Gasteiger partial charge in [-0.15, -0.1) is 0 Å². The lowest BCUT2D eigenvalue weighted by Crippen LogP contribution is -2.43. The van der Waals surface area contributed by atoms with Crippen LogP contribution >= 0.6 is 0 Å². The number of nitrogens with one attached hydrogen (secondary N) is 1. The number of nitrogens with zero attached hydrogens (tertiary/aromatic N) is 3. The van der Waals surface area contributed by atoms with E-state index in [4.69, 9.17) is 0 Å². The average molecular weight is 457 g/mol. The quantitative estimate of drug-likeness (QED) is 0.722. The lowest BCUT2D eigenvalue weighted by atomic mass is 9.78. The van der Waals surface area contributed by atoms with E-state index in [9.17, 15) is 13.2 Å². The Hall–Kier alpha value is -2.03. The zero-order valence-corrected chi connectivity index (χ0v) is 19.3. The molecule has 1 unspecified atom stereocenters. The Bertz CT molecular complexity index is 1060. The van der Waals surface area contributed by atoms with Gasteiger partial charge in [-0.3, -0.25) is 4.79 Å². The molecule has 7 nitrogen and oxygen atoms in total. The van der Waals surface area contributed by atoms with Gasteiger partial charge in [0, 0.05) is 57.3 Å². The number of aryl methyl sites for hydroxylation is 2. The fraction of sp³-hybridized carbons (Fsp3) is 0.583. The standard InChI is InChI=1S/C24H32N4O3S/c29-22(20-4-8-23-26-13-16-27(23)17-20)7-3-19-1-5-21(6-2-19)32(30,31)28-14-10-24(11-15-28)9-12-25-18-24/h1-2,5-6,13,16,20,25H,3-4,7-12,14-15,17-18H2. The number of hydrogen-bond acceptors (Lipinski definition) is 5. The van der Waals surface area contributed by atoms with E-state index in [0.717, 1.165) is 63.1 Å². The number of fused-ring (bicyclic) bond motifs is 1. The van der Waals surface area contributed by atoms with Crippen molar-refractivity contribution in [2.45, 2.75) is 56.4 Å². The minimum Gasteiger partial charge on any atom is -0.334 e. The van der Waals surface area contributed by atoms with Crippen molar-refractivity contribution in [1.29, 1.82) is 0 Å².